The lowest BCUT2D eigenvalue weighted by molar-refractivity contribution is -0.0993. The Hall–Kier alpha value is -1.00. The number of hydrogen-bond donors (Lipinski definition) is 2. The Morgan fingerprint density at radius 1 is 1.25 bits per heavy atom. The van der Waals surface area contributed by atoms with Crippen LogP contribution in [0.1, 0.15) is 43.8 Å². The van der Waals surface area contributed by atoms with Crippen LogP contribution >= 0.6 is 0 Å². The molecule has 1 saturated carbocycles. The van der Waals surface area contributed by atoms with Crippen molar-refractivity contribution in [2.24, 2.45) is 0 Å². The maximum Gasteiger partial charge on any atom is 0.141 e. The quantitative estimate of drug-likeness (QED) is 0.808. The van der Waals surface area contributed by atoms with Crippen LogP contribution in [0.5, 0.6) is 0 Å². The highest BCUT2D eigenvalue weighted by Gasteiger charge is 2.37. The number of hydrogen-bond acceptors (Lipinski definition) is 3. The molecule has 16 heavy (non-hydrogen) atoms. The number of aliphatic hydroxyl groups excluding tert-OH is 1. The van der Waals surface area contributed by atoms with Gasteiger partial charge in [0.25, 0.3) is 0 Å². The Bertz CT molecular complexity index is 364. The average molecular weight is 225 g/mol. The lowest BCUT2D eigenvalue weighted by atomic mass is 9.79. The summed E-state index contributed by atoms with van der Waals surface area (Å²) in [5.74, 6) is -0.490. The first-order valence-corrected chi connectivity index (χ1v) is 5.63. The van der Waals surface area contributed by atoms with Gasteiger partial charge in [0, 0.05) is 11.8 Å². The molecular formula is C12H16FNO2. The van der Waals surface area contributed by atoms with Crippen molar-refractivity contribution in [2.75, 3.05) is 0 Å². The first-order valence-electron chi connectivity index (χ1n) is 5.63. The molecule has 88 valence electrons. The SMILES string of the molecule is OC(c1cncc(F)c1)C1(O)CCCCC1. The van der Waals surface area contributed by atoms with Crippen molar-refractivity contribution in [2.45, 2.75) is 43.8 Å². The summed E-state index contributed by atoms with van der Waals surface area (Å²) in [6.45, 7) is 0. The van der Waals surface area contributed by atoms with Crippen LogP contribution in [-0.4, -0.2) is 20.8 Å². The molecule has 2 N–H and O–H groups in total. The molecule has 0 amide bonds. The molecule has 2 rings (SSSR count). The van der Waals surface area contributed by atoms with Crippen LogP contribution in [-0.2, 0) is 0 Å². The fourth-order valence-electron chi connectivity index (χ4n) is 2.33. The predicted molar refractivity (Wildman–Crippen MR) is 57.2 cm³/mol. The lowest BCUT2D eigenvalue weighted by Gasteiger charge is -2.36. The van der Waals surface area contributed by atoms with Crippen LogP contribution in [0.2, 0.25) is 0 Å². The van der Waals surface area contributed by atoms with Gasteiger partial charge in [-0.05, 0) is 18.9 Å². The van der Waals surface area contributed by atoms with Crippen molar-refractivity contribution in [3.8, 4) is 0 Å². The van der Waals surface area contributed by atoms with E-state index in [0.29, 0.717) is 18.4 Å². The monoisotopic (exact) mass is 225 g/mol. The van der Waals surface area contributed by atoms with Gasteiger partial charge in [-0.1, -0.05) is 19.3 Å². The van der Waals surface area contributed by atoms with Gasteiger partial charge in [-0.2, -0.15) is 0 Å². The standard InChI is InChI=1S/C12H16FNO2/c13-10-6-9(7-14-8-10)11(15)12(16)4-2-1-3-5-12/h6-8,11,15-16H,1-5H2. The molecule has 1 heterocycles. The molecule has 0 aromatic carbocycles. The highest BCUT2D eigenvalue weighted by atomic mass is 19.1. The van der Waals surface area contributed by atoms with Gasteiger partial charge in [0.15, 0.2) is 0 Å². The summed E-state index contributed by atoms with van der Waals surface area (Å²) >= 11 is 0. The molecule has 0 spiro atoms. The summed E-state index contributed by atoms with van der Waals surface area (Å²) in [5.41, 5.74) is -0.766. The second-order valence-electron chi connectivity index (χ2n) is 4.50. The first-order chi connectivity index (χ1) is 7.62. The molecule has 0 saturated heterocycles. The molecule has 1 unspecified atom stereocenters. The van der Waals surface area contributed by atoms with Crippen LogP contribution < -0.4 is 0 Å². The Morgan fingerprint density at radius 2 is 1.94 bits per heavy atom. The molecule has 0 bridgehead atoms. The maximum absolute atomic E-state index is 13.0. The summed E-state index contributed by atoms with van der Waals surface area (Å²) in [7, 11) is 0. The minimum Gasteiger partial charge on any atom is -0.387 e. The van der Waals surface area contributed by atoms with Crippen molar-refractivity contribution >= 4 is 0 Å². The zero-order valence-electron chi connectivity index (χ0n) is 9.06. The Kier molecular flexibility index (Phi) is 3.21. The van der Waals surface area contributed by atoms with E-state index < -0.39 is 17.5 Å². The van der Waals surface area contributed by atoms with E-state index in [9.17, 15) is 14.6 Å². The van der Waals surface area contributed by atoms with Gasteiger partial charge >= 0.3 is 0 Å². The van der Waals surface area contributed by atoms with Gasteiger partial charge in [-0.15, -0.1) is 0 Å². The molecule has 1 aromatic heterocycles. The third-order valence-corrected chi connectivity index (χ3v) is 3.27. The predicted octanol–water partition coefficient (Wildman–Crippen LogP) is 1.95. The van der Waals surface area contributed by atoms with Crippen molar-refractivity contribution in [1.82, 2.24) is 4.98 Å². The first kappa shape index (κ1) is 11.5. The van der Waals surface area contributed by atoms with E-state index in [1.165, 1.54) is 12.3 Å². The fourth-order valence-corrected chi connectivity index (χ4v) is 2.33. The van der Waals surface area contributed by atoms with Gasteiger partial charge in [0.2, 0.25) is 0 Å². The van der Waals surface area contributed by atoms with Gasteiger partial charge < -0.3 is 10.2 Å². The molecule has 1 aliphatic carbocycles. The minimum atomic E-state index is -1.12. The van der Waals surface area contributed by atoms with Gasteiger partial charge in [0.05, 0.1) is 11.8 Å². The summed E-state index contributed by atoms with van der Waals surface area (Å²) in [6, 6.07) is 1.23. The van der Waals surface area contributed by atoms with Gasteiger partial charge in [-0.25, -0.2) is 4.39 Å². The highest BCUT2D eigenvalue weighted by molar-refractivity contribution is 5.17. The molecule has 1 aliphatic rings. The van der Waals surface area contributed by atoms with Crippen LogP contribution in [0.15, 0.2) is 18.5 Å². The molecule has 0 radical (unpaired) electrons. The number of halogens is 1. The second kappa shape index (κ2) is 4.47. The van der Waals surface area contributed by atoms with Crippen molar-refractivity contribution < 1.29 is 14.6 Å². The number of nitrogens with zero attached hydrogens (tertiary/aromatic N) is 1. The van der Waals surface area contributed by atoms with E-state index in [1.807, 2.05) is 0 Å². The van der Waals surface area contributed by atoms with Crippen molar-refractivity contribution in [3.05, 3.63) is 29.8 Å². The number of aromatic nitrogens is 1. The van der Waals surface area contributed by atoms with Gasteiger partial charge in [0.1, 0.15) is 11.9 Å². The fraction of sp³-hybridized carbons (Fsp3) is 0.583. The van der Waals surface area contributed by atoms with Crippen molar-refractivity contribution in [1.29, 1.82) is 0 Å². The number of rotatable bonds is 2. The molecule has 0 aliphatic heterocycles. The van der Waals surface area contributed by atoms with Crippen LogP contribution in [0, 0.1) is 5.82 Å². The highest BCUT2D eigenvalue weighted by Crippen LogP contribution is 2.38. The van der Waals surface area contributed by atoms with E-state index in [2.05, 4.69) is 4.98 Å². The van der Waals surface area contributed by atoms with Gasteiger partial charge in [-0.3, -0.25) is 4.98 Å². The van der Waals surface area contributed by atoms with Crippen LogP contribution in [0.3, 0.4) is 0 Å². The Morgan fingerprint density at radius 3 is 2.56 bits per heavy atom. The lowest BCUT2D eigenvalue weighted by Crippen LogP contribution is -2.38. The van der Waals surface area contributed by atoms with E-state index in [0.717, 1.165) is 25.5 Å². The zero-order valence-corrected chi connectivity index (χ0v) is 9.06. The third kappa shape index (κ3) is 2.23. The van der Waals surface area contributed by atoms with Crippen LogP contribution in [0.4, 0.5) is 4.39 Å². The molecule has 1 aromatic rings. The number of aliphatic hydroxyl groups is 2. The van der Waals surface area contributed by atoms with E-state index >= 15 is 0 Å². The Labute approximate surface area is 94.0 Å². The summed E-state index contributed by atoms with van der Waals surface area (Å²) in [4.78, 5) is 3.69. The number of pyridine rings is 1. The maximum atomic E-state index is 13.0. The largest absolute Gasteiger partial charge is 0.387 e. The second-order valence-corrected chi connectivity index (χ2v) is 4.50. The zero-order chi connectivity index (χ0) is 11.6. The minimum absolute atomic E-state index is 0.351. The molecule has 4 heteroatoms. The van der Waals surface area contributed by atoms with E-state index in [1.54, 1.807) is 0 Å². The molecule has 1 atom stereocenters. The summed E-state index contributed by atoms with van der Waals surface area (Å²) < 4.78 is 13.0. The third-order valence-electron chi connectivity index (χ3n) is 3.27. The molecule has 1 fully saturated rings. The average Bonchev–Trinajstić information content (AvgIpc) is 2.29. The van der Waals surface area contributed by atoms with E-state index in [4.69, 9.17) is 0 Å². The molecule has 3 nitrogen and oxygen atoms in total. The normalized spacial score (nSPS) is 21.7. The van der Waals surface area contributed by atoms with E-state index in [-0.39, 0.29) is 0 Å². The summed E-state index contributed by atoms with van der Waals surface area (Å²) in [6.07, 6.45) is 5.44. The van der Waals surface area contributed by atoms with Crippen molar-refractivity contribution in [3.63, 3.8) is 0 Å². The topological polar surface area (TPSA) is 53.4 Å². The summed E-state index contributed by atoms with van der Waals surface area (Å²) in [5, 5.41) is 20.4. The Balaban J connectivity index is 2.20. The smallest absolute Gasteiger partial charge is 0.141 e. The van der Waals surface area contributed by atoms with Crippen LogP contribution in [0.25, 0.3) is 0 Å². The molecular weight excluding hydrogens is 209 g/mol.